The summed E-state index contributed by atoms with van der Waals surface area (Å²) in [6, 6.07) is 0. The summed E-state index contributed by atoms with van der Waals surface area (Å²) < 4.78 is 5.95. The normalized spacial score (nSPS) is 50.5. The quantitative estimate of drug-likeness (QED) is 0.672. The highest BCUT2D eigenvalue weighted by Crippen LogP contribution is 2.44. The van der Waals surface area contributed by atoms with Crippen molar-refractivity contribution < 1.29 is 4.74 Å². The molecule has 0 spiro atoms. The first kappa shape index (κ1) is 9.47. The van der Waals surface area contributed by atoms with Gasteiger partial charge in [-0.25, -0.2) is 0 Å². The van der Waals surface area contributed by atoms with Crippen LogP contribution in [0.3, 0.4) is 0 Å². The molecule has 2 aliphatic rings. The van der Waals surface area contributed by atoms with E-state index in [1.165, 1.54) is 19.3 Å². The van der Waals surface area contributed by atoms with Crippen LogP contribution >= 0.6 is 0 Å². The van der Waals surface area contributed by atoms with Crippen LogP contribution in [0.4, 0.5) is 0 Å². The van der Waals surface area contributed by atoms with Gasteiger partial charge in [0.25, 0.3) is 0 Å². The standard InChI is InChI=1S/C11H21NO/c1-7-8(2)13-10-5-3-4-9(6-12)11(7)10/h7-11H,3-6,12H2,1-2H3/t7-,8-,9+,10+,11-/m0/s1. The van der Waals surface area contributed by atoms with Crippen molar-refractivity contribution in [3.05, 3.63) is 0 Å². The van der Waals surface area contributed by atoms with E-state index in [0.717, 1.165) is 18.4 Å². The van der Waals surface area contributed by atoms with Crippen molar-refractivity contribution >= 4 is 0 Å². The Morgan fingerprint density at radius 3 is 2.77 bits per heavy atom. The van der Waals surface area contributed by atoms with Crippen LogP contribution in [-0.2, 0) is 4.74 Å². The summed E-state index contributed by atoms with van der Waals surface area (Å²) in [6.07, 6.45) is 4.85. The lowest BCUT2D eigenvalue weighted by Gasteiger charge is -2.33. The summed E-state index contributed by atoms with van der Waals surface area (Å²) in [7, 11) is 0. The van der Waals surface area contributed by atoms with Crippen LogP contribution in [0.15, 0.2) is 0 Å². The summed E-state index contributed by atoms with van der Waals surface area (Å²) >= 11 is 0. The third-order valence-electron chi connectivity index (χ3n) is 4.08. The van der Waals surface area contributed by atoms with E-state index in [2.05, 4.69) is 13.8 Å². The Labute approximate surface area is 80.8 Å². The summed E-state index contributed by atoms with van der Waals surface area (Å²) in [5.41, 5.74) is 5.81. The van der Waals surface area contributed by atoms with Gasteiger partial charge < -0.3 is 10.5 Å². The zero-order valence-corrected chi connectivity index (χ0v) is 8.70. The highest BCUT2D eigenvalue weighted by Gasteiger charge is 2.44. The van der Waals surface area contributed by atoms with Crippen molar-refractivity contribution in [2.75, 3.05) is 6.54 Å². The van der Waals surface area contributed by atoms with Gasteiger partial charge in [-0.2, -0.15) is 0 Å². The average Bonchev–Trinajstić information content (AvgIpc) is 2.43. The Balaban J connectivity index is 2.11. The first-order valence-electron chi connectivity index (χ1n) is 5.59. The van der Waals surface area contributed by atoms with E-state index in [0.29, 0.717) is 18.1 Å². The Morgan fingerprint density at radius 2 is 2.08 bits per heavy atom. The topological polar surface area (TPSA) is 35.2 Å². The molecule has 2 heteroatoms. The SMILES string of the molecule is C[C@@H]1[C@H]2[C@@H](CN)CCC[C@H]2O[C@H]1C. The van der Waals surface area contributed by atoms with Crippen molar-refractivity contribution in [2.24, 2.45) is 23.5 Å². The number of nitrogens with two attached hydrogens (primary N) is 1. The molecule has 0 aromatic heterocycles. The number of fused-ring (bicyclic) bond motifs is 1. The molecule has 0 bridgehead atoms. The van der Waals surface area contributed by atoms with Crippen LogP contribution < -0.4 is 5.73 Å². The fraction of sp³-hybridized carbons (Fsp3) is 1.00. The molecule has 0 aromatic carbocycles. The predicted octanol–water partition coefficient (Wildman–Crippen LogP) is 1.78. The first-order valence-corrected chi connectivity index (χ1v) is 5.59. The summed E-state index contributed by atoms with van der Waals surface area (Å²) in [5.74, 6) is 2.17. The molecule has 1 saturated carbocycles. The molecule has 1 aliphatic heterocycles. The molecule has 2 fully saturated rings. The second kappa shape index (κ2) is 3.58. The largest absolute Gasteiger partial charge is 0.375 e. The Hall–Kier alpha value is -0.0800. The maximum atomic E-state index is 5.95. The van der Waals surface area contributed by atoms with Crippen LogP contribution in [0.25, 0.3) is 0 Å². The maximum absolute atomic E-state index is 5.95. The zero-order valence-electron chi connectivity index (χ0n) is 8.70. The molecular weight excluding hydrogens is 162 g/mol. The minimum atomic E-state index is 0.446. The van der Waals surface area contributed by atoms with E-state index in [-0.39, 0.29) is 0 Å². The fourth-order valence-electron chi connectivity index (χ4n) is 3.18. The van der Waals surface area contributed by atoms with E-state index in [9.17, 15) is 0 Å². The van der Waals surface area contributed by atoms with Crippen LogP contribution in [-0.4, -0.2) is 18.8 Å². The van der Waals surface area contributed by atoms with Crippen LogP contribution in [0, 0.1) is 17.8 Å². The molecule has 5 atom stereocenters. The van der Waals surface area contributed by atoms with Gasteiger partial charge in [0, 0.05) is 0 Å². The summed E-state index contributed by atoms with van der Waals surface area (Å²) in [4.78, 5) is 0. The maximum Gasteiger partial charge on any atom is 0.0613 e. The van der Waals surface area contributed by atoms with Gasteiger partial charge in [-0.05, 0) is 44.1 Å². The zero-order chi connectivity index (χ0) is 9.42. The summed E-state index contributed by atoms with van der Waals surface area (Å²) in [6.45, 7) is 5.38. The molecule has 0 unspecified atom stereocenters. The molecule has 2 N–H and O–H groups in total. The number of hydrogen-bond donors (Lipinski definition) is 1. The van der Waals surface area contributed by atoms with Gasteiger partial charge in [0.05, 0.1) is 12.2 Å². The molecule has 1 aliphatic carbocycles. The summed E-state index contributed by atoms with van der Waals surface area (Å²) in [5, 5.41) is 0. The molecule has 1 heterocycles. The molecule has 2 nitrogen and oxygen atoms in total. The monoisotopic (exact) mass is 183 g/mol. The van der Waals surface area contributed by atoms with Gasteiger partial charge in [-0.1, -0.05) is 13.3 Å². The Kier molecular flexibility index (Phi) is 2.61. The highest BCUT2D eigenvalue weighted by atomic mass is 16.5. The van der Waals surface area contributed by atoms with E-state index in [1.807, 2.05) is 0 Å². The van der Waals surface area contributed by atoms with Gasteiger partial charge in [0.1, 0.15) is 0 Å². The van der Waals surface area contributed by atoms with Gasteiger partial charge in [0.2, 0.25) is 0 Å². The number of hydrogen-bond acceptors (Lipinski definition) is 2. The Morgan fingerprint density at radius 1 is 1.31 bits per heavy atom. The van der Waals surface area contributed by atoms with E-state index in [4.69, 9.17) is 10.5 Å². The molecule has 76 valence electrons. The lowest BCUT2D eigenvalue weighted by Crippen LogP contribution is -2.36. The van der Waals surface area contributed by atoms with Crippen molar-refractivity contribution in [1.29, 1.82) is 0 Å². The van der Waals surface area contributed by atoms with E-state index < -0.39 is 0 Å². The first-order chi connectivity index (χ1) is 6.24. The second-order valence-corrected chi connectivity index (χ2v) is 4.74. The minimum Gasteiger partial charge on any atom is -0.375 e. The minimum absolute atomic E-state index is 0.446. The molecule has 13 heavy (non-hydrogen) atoms. The van der Waals surface area contributed by atoms with Crippen LogP contribution in [0.2, 0.25) is 0 Å². The van der Waals surface area contributed by atoms with Crippen molar-refractivity contribution in [1.82, 2.24) is 0 Å². The third kappa shape index (κ3) is 1.50. The van der Waals surface area contributed by atoms with E-state index >= 15 is 0 Å². The van der Waals surface area contributed by atoms with Crippen molar-refractivity contribution in [3.63, 3.8) is 0 Å². The van der Waals surface area contributed by atoms with Gasteiger partial charge >= 0.3 is 0 Å². The van der Waals surface area contributed by atoms with E-state index in [1.54, 1.807) is 0 Å². The average molecular weight is 183 g/mol. The lowest BCUT2D eigenvalue weighted by molar-refractivity contribution is 0.0138. The fourth-order valence-corrected chi connectivity index (χ4v) is 3.18. The van der Waals surface area contributed by atoms with Crippen LogP contribution in [0.1, 0.15) is 33.1 Å². The number of rotatable bonds is 1. The molecule has 2 rings (SSSR count). The van der Waals surface area contributed by atoms with Crippen molar-refractivity contribution in [3.8, 4) is 0 Å². The molecular formula is C11H21NO. The predicted molar refractivity (Wildman–Crippen MR) is 53.4 cm³/mol. The van der Waals surface area contributed by atoms with Crippen molar-refractivity contribution in [2.45, 2.75) is 45.3 Å². The van der Waals surface area contributed by atoms with Gasteiger partial charge in [-0.15, -0.1) is 0 Å². The second-order valence-electron chi connectivity index (χ2n) is 4.74. The third-order valence-corrected chi connectivity index (χ3v) is 4.08. The molecule has 0 aromatic rings. The molecule has 0 amide bonds. The number of ether oxygens (including phenoxy) is 1. The molecule has 0 radical (unpaired) electrons. The van der Waals surface area contributed by atoms with Gasteiger partial charge in [-0.3, -0.25) is 0 Å². The molecule has 1 saturated heterocycles. The van der Waals surface area contributed by atoms with Crippen LogP contribution in [0.5, 0.6) is 0 Å². The smallest absolute Gasteiger partial charge is 0.0613 e. The lowest BCUT2D eigenvalue weighted by atomic mass is 9.72. The Bertz CT molecular complexity index is 177. The van der Waals surface area contributed by atoms with Gasteiger partial charge in [0.15, 0.2) is 0 Å². The highest BCUT2D eigenvalue weighted by molar-refractivity contribution is 4.93.